The molecule has 8 heteroatoms. The van der Waals surface area contributed by atoms with Crippen molar-refractivity contribution in [2.24, 2.45) is 5.92 Å². The fraction of sp³-hybridized carbons (Fsp3) is 0.368. The van der Waals surface area contributed by atoms with Crippen LogP contribution in [0.3, 0.4) is 0 Å². The fourth-order valence-electron chi connectivity index (χ4n) is 2.76. The van der Waals surface area contributed by atoms with Gasteiger partial charge in [0.2, 0.25) is 5.91 Å². The Morgan fingerprint density at radius 2 is 1.89 bits per heavy atom. The van der Waals surface area contributed by atoms with Crippen molar-refractivity contribution in [1.29, 1.82) is 0 Å². The van der Waals surface area contributed by atoms with Gasteiger partial charge in [0.1, 0.15) is 11.7 Å². The summed E-state index contributed by atoms with van der Waals surface area (Å²) in [6, 6.07) is 8.65. The molecule has 0 spiro atoms. The van der Waals surface area contributed by atoms with E-state index in [1.807, 2.05) is 44.2 Å². The highest BCUT2D eigenvalue weighted by Gasteiger charge is 2.25. The zero-order valence-electron chi connectivity index (χ0n) is 15.6. The van der Waals surface area contributed by atoms with E-state index in [1.165, 1.54) is 18.6 Å². The molecule has 1 aromatic heterocycles. The zero-order chi connectivity index (χ0) is 19.6. The topological polar surface area (TPSA) is 104 Å². The Labute approximate surface area is 159 Å². The normalized spacial score (nSPS) is 12.9. The first kappa shape index (κ1) is 20.6. The van der Waals surface area contributed by atoms with Crippen LogP contribution in [0.15, 0.2) is 48.9 Å². The molecular formula is C19H25BN4O3. The molecule has 3 N–H and O–H groups in total. The summed E-state index contributed by atoms with van der Waals surface area (Å²) in [5.74, 6) is -0.840. The van der Waals surface area contributed by atoms with Crippen molar-refractivity contribution >= 4 is 19.3 Å². The Hall–Kier alpha value is -2.74. The minimum Gasteiger partial charge on any atom is -0.452 e. The van der Waals surface area contributed by atoms with Crippen LogP contribution >= 0.6 is 0 Å². The monoisotopic (exact) mass is 368 g/mol. The number of rotatable bonds is 9. The van der Waals surface area contributed by atoms with Crippen LogP contribution in [0.1, 0.15) is 36.3 Å². The summed E-state index contributed by atoms with van der Waals surface area (Å²) in [5, 5.41) is 15.1. The molecule has 0 saturated heterocycles. The van der Waals surface area contributed by atoms with Crippen LogP contribution in [0.5, 0.6) is 0 Å². The maximum Gasteiger partial charge on any atom is 0.293 e. The molecule has 0 saturated carbocycles. The van der Waals surface area contributed by atoms with E-state index < -0.39 is 11.9 Å². The lowest BCUT2D eigenvalue weighted by Crippen LogP contribution is -2.52. The Kier molecular flexibility index (Phi) is 7.94. The van der Waals surface area contributed by atoms with E-state index in [0.717, 1.165) is 5.56 Å². The van der Waals surface area contributed by atoms with Gasteiger partial charge in [0.15, 0.2) is 0 Å². The van der Waals surface area contributed by atoms with Gasteiger partial charge in [0, 0.05) is 24.8 Å². The number of carbonyl (C=O) groups excluding carboxylic acids is 2. The number of hydrogen-bond donors (Lipinski definition) is 3. The molecule has 27 heavy (non-hydrogen) atoms. The van der Waals surface area contributed by atoms with Crippen LogP contribution in [0, 0.1) is 5.92 Å². The van der Waals surface area contributed by atoms with Crippen LogP contribution in [-0.2, 0) is 11.2 Å². The van der Waals surface area contributed by atoms with Gasteiger partial charge < -0.3 is 15.7 Å². The summed E-state index contributed by atoms with van der Waals surface area (Å²) in [5.41, 5.74) is 1.06. The lowest BCUT2D eigenvalue weighted by atomic mass is 9.82. The molecule has 0 aliphatic heterocycles. The molecule has 7 nitrogen and oxygen atoms in total. The largest absolute Gasteiger partial charge is 0.452 e. The number of hydrogen-bond acceptors (Lipinski definition) is 5. The van der Waals surface area contributed by atoms with E-state index in [4.69, 9.17) is 0 Å². The van der Waals surface area contributed by atoms with E-state index in [-0.39, 0.29) is 25.0 Å². The van der Waals surface area contributed by atoms with Gasteiger partial charge in [-0.2, -0.15) is 0 Å². The molecule has 0 unspecified atom stereocenters. The molecule has 142 valence electrons. The summed E-state index contributed by atoms with van der Waals surface area (Å²) in [6.45, 7) is 4.04. The first-order valence-electron chi connectivity index (χ1n) is 9.01. The van der Waals surface area contributed by atoms with Crippen molar-refractivity contribution in [3.8, 4) is 0 Å². The average Bonchev–Trinajstić information content (AvgIpc) is 2.68. The van der Waals surface area contributed by atoms with Crippen molar-refractivity contribution in [2.45, 2.75) is 38.7 Å². The third-order valence-electron chi connectivity index (χ3n) is 4.02. The number of aromatic nitrogens is 2. The van der Waals surface area contributed by atoms with E-state index in [2.05, 4.69) is 20.6 Å². The van der Waals surface area contributed by atoms with Gasteiger partial charge in [-0.3, -0.25) is 14.6 Å². The SMILES string of the molecule is CC(C)C[C@@H](BO)NC(=O)[C@H](Cc1ccccc1)NC(=O)c1cnccn1. The molecule has 2 aromatic rings. The molecule has 2 amide bonds. The summed E-state index contributed by atoms with van der Waals surface area (Å²) in [4.78, 5) is 33.1. The van der Waals surface area contributed by atoms with Crippen molar-refractivity contribution in [1.82, 2.24) is 20.6 Å². The summed E-state index contributed by atoms with van der Waals surface area (Å²) >= 11 is 0. The molecule has 0 bridgehead atoms. The van der Waals surface area contributed by atoms with Gasteiger partial charge in [-0.1, -0.05) is 44.2 Å². The van der Waals surface area contributed by atoms with Gasteiger partial charge in [0.05, 0.1) is 6.20 Å². The molecular weight excluding hydrogens is 343 g/mol. The Balaban J connectivity index is 2.13. The van der Waals surface area contributed by atoms with Crippen LogP contribution in [0.25, 0.3) is 0 Å². The fourth-order valence-corrected chi connectivity index (χ4v) is 2.76. The van der Waals surface area contributed by atoms with Crippen LogP contribution in [0.4, 0.5) is 0 Å². The second-order valence-corrected chi connectivity index (χ2v) is 6.82. The summed E-state index contributed by atoms with van der Waals surface area (Å²) in [7, 11) is -0.153. The van der Waals surface area contributed by atoms with Crippen LogP contribution in [-0.4, -0.2) is 46.3 Å². The molecule has 1 heterocycles. The Bertz CT molecular complexity index is 728. The standard InChI is InChI=1S/C19H25BN4O3/c1-13(2)10-17(20-27)24-18(25)15(11-14-6-4-3-5-7-14)23-19(26)16-12-21-8-9-22-16/h3-9,12-13,15,17,20,27H,10-11H2,1-2H3,(H,23,26)(H,24,25)/t15-,17-/m0/s1. The zero-order valence-corrected chi connectivity index (χ0v) is 15.6. The van der Waals surface area contributed by atoms with Gasteiger partial charge in [-0.15, -0.1) is 0 Å². The van der Waals surface area contributed by atoms with Gasteiger partial charge in [-0.25, -0.2) is 4.98 Å². The maximum absolute atomic E-state index is 12.8. The number of carbonyl (C=O) groups is 2. The highest BCUT2D eigenvalue weighted by atomic mass is 16.2. The maximum atomic E-state index is 12.8. The second-order valence-electron chi connectivity index (χ2n) is 6.82. The van der Waals surface area contributed by atoms with Crippen molar-refractivity contribution in [3.63, 3.8) is 0 Å². The molecule has 2 rings (SSSR count). The molecule has 0 aliphatic rings. The highest BCUT2D eigenvalue weighted by Crippen LogP contribution is 2.07. The number of nitrogens with one attached hydrogen (secondary N) is 2. The van der Waals surface area contributed by atoms with E-state index >= 15 is 0 Å². The molecule has 0 radical (unpaired) electrons. The lowest BCUT2D eigenvalue weighted by Gasteiger charge is -2.23. The molecule has 0 fully saturated rings. The number of amides is 2. The second kappa shape index (κ2) is 10.4. The summed E-state index contributed by atoms with van der Waals surface area (Å²) in [6.07, 6.45) is 5.23. The number of nitrogens with zero attached hydrogens (tertiary/aromatic N) is 2. The third-order valence-corrected chi connectivity index (χ3v) is 4.02. The van der Waals surface area contributed by atoms with Gasteiger partial charge in [0.25, 0.3) is 13.4 Å². The highest BCUT2D eigenvalue weighted by molar-refractivity contribution is 6.28. The molecule has 1 aromatic carbocycles. The van der Waals surface area contributed by atoms with Crippen molar-refractivity contribution in [2.75, 3.05) is 0 Å². The van der Waals surface area contributed by atoms with Gasteiger partial charge in [-0.05, 0) is 17.9 Å². The number of benzene rings is 1. The minimum absolute atomic E-state index is 0.143. The smallest absolute Gasteiger partial charge is 0.293 e. The van der Waals surface area contributed by atoms with Gasteiger partial charge >= 0.3 is 0 Å². The third kappa shape index (κ3) is 6.82. The Morgan fingerprint density at radius 1 is 1.15 bits per heavy atom. The average molecular weight is 368 g/mol. The summed E-state index contributed by atoms with van der Waals surface area (Å²) < 4.78 is 0. The van der Waals surface area contributed by atoms with E-state index in [9.17, 15) is 14.6 Å². The predicted octanol–water partition coefficient (Wildman–Crippen LogP) is 0.650. The van der Waals surface area contributed by atoms with Crippen LogP contribution < -0.4 is 10.6 Å². The molecule has 0 aliphatic carbocycles. The van der Waals surface area contributed by atoms with E-state index in [1.54, 1.807) is 0 Å². The van der Waals surface area contributed by atoms with Crippen molar-refractivity contribution < 1.29 is 14.6 Å². The van der Waals surface area contributed by atoms with E-state index in [0.29, 0.717) is 18.8 Å². The quantitative estimate of drug-likeness (QED) is 0.564. The predicted molar refractivity (Wildman–Crippen MR) is 104 cm³/mol. The van der Waals surface area contributed by atoms with Crippen LogP contribution in [0.2, 0.25) is 0 Å². The Morgan fingerprint density at radius 3 is 2.48 bits per heavy atom. The first-order chi connectivity index (χ1) is 13.0. The molecule has 2 atom stereocenters. The minimum atomic E-state index is -0.789. The van der Waals surface area contributed by atoms with Crippen molar-refractivity contribution in [3.05, 3.63) is 60.2 Å². The lowest BCUT2D eigenvalue weighted by molar-refractivity contribution is -0.123. The first-order valence-corrected chi connectivity index (χ1v) is 9.01.